The molecule has 0 saturated carbocycles. The number of halogens is 12. The van der Waals surface area contributed by atoms with Crippen LogP contribution in [0.2, 0.25) is 0 Å². The van der Waals surface area contributed by atoms with Gasteiger partial charge in [-0.05, 0) is 202 Å². The lowest BCUT2D eigenvalue weighted by atomic mass is 9.72. The summed E-state index contributed by atoms with van der Waals surface area (Å²) in [6.45, 7) is 23.3. The second-order valence-corrected chi connectivity index (χ2v) is 28.2. The standard InChI is InChI=1S/C29H22F6O2.C17H14F6.C14H14O2S.C14H14O.2C8H10/c1-19-3-11-23(12-4-19)36-25-15-7-21(8-16-25)27(28(30,31)32,29(33,34)35)22-9-17-26(18-10-22)37-24-13-5-20(2)6-14-24;1-11-3-7-13(8-4-11)15(16(18,19)20,17(21,22)23)14-9-5-12(2)6-10-14;1-11-3-7-13(8-4-11)17(15,16)14-9-5-12(2)6-10-14;1-11-3-7-13(8-4-11)15-14-9-5-12(2)6-10-14;1-7-3-5-8(2)6-4-7;1-7-4-3-5-8(2)6-7/h3-18H,1-2H3;3-10H,1-2H3;3-10H,1-2H3;3-10H,1-2H3;2*3-6H,1-2H3. The van der Waals surface area contributed by atoms with Gasteiger partial charge < -0.3 is 14.2 Å². The van der Waals surface area contributed by atoms with Crippen LogP contribution in [0.25, 0.3) is 0 Å². The van der Waals surface area contributed by atoms with E-state index in [-0.39, 0.29) is 11.5 Å². The predicted octanol–water partition coefficient (Wildman–Crippen LogP) is 26.9. The molecule has 0 N–H and O–H groups in total. The minimum atomic E-state index is -5.69. The SMILES string of the molecule is Cc1ccc(C(c2ccc(C)cc2)(C(F)(F)F)C(F)(F)F)cc1.Cc1ccc(C)cc1.Cc1ccc(Oc2ccc(C(c3ccc(Oc4ccc(C)cc4)cc3)(C(F)(F)F)C(F)(F)F)cc2)cc1.Cc1ccc(Oc2ccc(C)cc2)cc1.Cc1ccc(S(=O)(=O)c2ccc(C)cc2)cc1.Cc1cccc(C)c1. The normalized spacial score (nSPS) is 11.6. The Hall–Kier alpha value is -10.9. The third-order valence-electron chi connectivity index (χ3n) is 17.1. The first kappa shape index (κ1) is 84.4. The lowest BCUT2D eigenvalue weighted by molar-refractivity contribution is -0.290. The van der Waals surface area contributed by atoms with Gasteiger partial charge in [0.05, 0.1) is 9.79 Å². The lowest BCUT2D eigenvalue weighted by Gasteiger charge is -2.38. The van der Waals surface area contributed by atoms with Crippen LogP contribution in [0.1, 0.15) is 89.0 Å². The van der Waals surface area contributed by atoms with Gasteiger partial charge in [0, 0.05) is 0 Å². The Bertz CT molecular complexity index is 4570. The summed E-state index contributed by atoms with van der Waals surface area (Å²) < 4.78 is 210. The van der Waals surface area contributed by atoms with Gasteiger partial charge in [0.1, 0.15) is 34.5 Å². The number of hydrogen-bond acceptors (Lipinski definition) is 5. The summed E-state index contributed by atoms with van der Waals surface area (Å²) in [7, 11) is -3.37. The van der Waals surface area contributed by atoms with Crippen molar-refractivity contribution in [3.63, 3.8) is 0 Å². The molecule has 0 unspecified atom stereocenters. The molecule has 5 nitrogen and oxygen atoms in total. The fourth-order valence-electron chi connectivity index (χ4n) is 11.0. The first-order valence-electron chi connectivity index (χ1n) is 34.1. The quantitative estimate of drug-likeness (QED) is 0.114. The number of aryl methyl sites for hydroxylation is 12. The molecule has 0 atom stereocenters. The maximum Gasteiger partial charge on any atom is 0.411 e. The highest BCUT2D eigenvalue weighted by atomic mass is 32.2. The van der Waals surface area contributed by atoms with E-state index in [1.54, 1.807) is 111 Å². The van der Waals surface area contributed by atoms with E-state index >= 15 is 0 Å². The summed E-state index contributed by atoms with van der Waals surface area (Å²) in [6.07, 6.45) is -22.4. The number of ether oxygens (including phenoxy) is 3. The minimum absolute atomic E-state index is 0.104. The topological polar surface area (TPSA) is 61.8 Å². The fraction of sp³-hybridized carbons (Fsp3) is 0.200. The Labute approximate surface area is 625 Å². The van der Waals surface area contributed by atoms with Crippen molar-refractivity contribution < 1.29 is 75.3 Å². The van der Waals surface area contributed by atoms with Crippen molar-refractivity contribution in [1.82, 2.24) is 0 Å². The van der Waals surface area contributed by atoms with Gasteiger partial charge >= 0.3 is 24.7 Å². The Morgan fingerprint density at radius 2 is 0.352 bits per heavy atom. The summed E-state index contributed by atoms with van der Waals surface area (Å²) >= 11 is 0. The van der Waals surface area contributed by atoms with Gasteiger partial charge in [-0.2, -0.15) is 52.7 Å². The van der Waals surface area contributed by atoms with E-state index in [1.807, 2.05) is 76.2 Å². The largest absolute Gasteiger partial charge is 0.457 e. The van der Waals surface area contributed by atoms with Crippen LogP contribution in [-0.2, 0) is 20.7 Å². The van der Waals surface area contributed by atoms with Crippen molar-refractivity contribution in [2.75, 3.05) is 0 Å². The smallest absolute Gasteiger partial charge is 0.411 e. The highest BCUT2D eigenvalue weighted by Crippen LogP contribution is 2.58. The molecule has 12 rings (SSSR count). The second-order valence-electron chi connectivity index (χ2n) is 26.3. The molecule has 12 aromatic rings. The molecule has 0 spiro atoms. The monoisotopic (exact) mass is 1500 g/mol. The van der Waals surface area contributed by atoms with Crippen LogP contribution in [-0.4, -0.2) is 33.1 Å². The summed E-state index contributed by atoms with van der Waals surface area (Å²) in [5.74, 6) is 2.77. The molecule has 0 aliphatic heterocycles. The van der Waals surface area contributed by atoms with Crippen molar-refractivity contribution in [2.45, 2.75) is 128 Å². The summed E-state index contributed by atoms with van der Waals surface area (Å²) in [4.78, 5) is 0.680. The van der Waals surface area contributed by atoms with Crippen LogP contribution in [0.4, 0.5) is 52.7 Å². The summed E-state index contributed by atoms with van der Waals surface area (Å²) in [5, 5.41) is 0. The molecule has 108 heavy (non-hydrogen) atoms. The molecule has 0 saturated heterocycles. The molecular formula is C90H84F12O5S. The van der Waals surface area contributed by atoms with Gasteiger partial charge in [0.2, 0.25) is 20.7 Å². The van der Waals surface area contributed by atoms with Crippen LogP contribution in [0.15, 0.2) is 301 Å². The third kappa shape index (κ3) is 22.6. The molecular weight excluding hydrogens is 1420 g/mol. The highest BCUT2D eigenvalue weighted by Gasteiger charge is 2.73. The van der Waals surface area contributed by atoms with Crippen molar-refractivity contribution in [1.29, 1.82) is 0 Å². The minimum Gasteiger partial charge on any atom is -0.457 e. The Morgan fingerprint density at radius 1 is 0.204 bits per heavy atom. The van der Waals surface area contributed by atoms with Gasteiger partial charge in [-0.25, -0.2) is 8.42 Å². The van der Waals surface area contributed by atoms with E-state index in [4.69, 9.17) is 14.2 Å². The van der Waals surface area contributed by atoms with E-state index in [9.17, 15) is 61.1 Å². The van der Waals surface area contributed by atoms with Crippen molar-refractivity contribution in [3.05, 3.63) is 380 Å². The number of hydrogen-bond donors (Lipinski definition) is 0. The Morgan fingerprint density at radius 3 is 0.519 bits per heavy atom. The molecule has 0 amide bonds. The van der Waals surface area contributed by atoms with Gasteiger partial charge in [-0.3, -0.25) is 0 Å². The van der Waals surface area contributed by atoms with Crippen molar-refractivity contribution in [3.8, 4) is 34.5 Å². The summed E-state index contributed by atoms with van der Waals surface area (Å²) in [6, 6.07) is 76.6. The molecule has 0 heterocycles. The molecule has 12 aromatic carbocycles. The van der Waals surface area contributed by atoms with Gasteiger partial charge in [-0.15, -0.1) is 0 Å². The Balaban J connectivity index is 0.000000196. The van der Waals surface area contributed by atoms with Gasteiger partial charge in [0.25, 0.3) is 0 Å². The van der Waals surface area contributed by atoms with Gasteiger partial charge in [0.15, 0.2) is 0 Å². The van der Waals surface area contributed by atoms with Crippen LogP contribution < -0.4 is 14.2 Å². The average molecular weight is 1510 g/mol. The number of rotatable bonds is 12. The van der Waals surface area contributed by atoms with Crippen molar-refractivity contribution >= 4 is 9.84 Å². The van der Waals surface area contributed by atoms with Crippen molar-refractivity contribution in [2.24, 2.45) is 0 Å². The molecule has 564 valence electrons. The molecule has 0 radical (unpaired) electrons. The molecule has 0 aromatic heterocycles. The number of alkyl halides is 12. The zero-order valence-corrected chi connectivity index (χ0v) is 62.5. The second kappa shape index (κ2) is 36.6. The highest BCUT2D eigenvalue weighted by molar-refractivity contribution is 7.91. The van der Waals surface area contributed by atoms with Crippen LogP contribution in [0, 0.1) is 83.1 Å². The molecule has 18 heteroatoms. The molecule has 0 aliphatic carbocycles. The zero-order chi connectivity index (χ0) is 79.4. The maximum absolute atomic E-state index is 14.4. The lowest BCUT2D eigenvalue weighted by Crippen LogP contribution is -2.54. The molecule has 0 fully saturated rings. The van der Waals surface area contributed by atoms with Crippen LogP contribution >= 0.6 is 0 Å². The number of sulfone groups is 1. The van der Waals surface area contributed by atoms with Crippen LogP contribution in [0.5, 0.6) is 34.5 Å². The third-order valence-corrected chi connectivity index (χ3v) is 18.9. The summed E-state index contributed by atoms with van der Waals surface area (Å²) in [5.41, 5.74) is 1.07. The fourth-order valence-corrected chi connectivity index (χ4v) is 12.2. The average Bonchev–Trinajstić information content (AvgIpc) is 0.723. The molecule has 0 aliphatic rings. The van der Waals surface area contributed by atoms with E-state index in [0.29, 0.717) is 32.4 Å². The zero-order valence-electron chi connectivity index (χ0n) is 61.7. The molecule has 0 bridgehead atoms. The Kier molecular flexibility index (Phi) is 28.6. The number of benzene rings is 12. The van der Waals surface area contributed by atoms with Crippen LogP contribution in [0.3, 0.4) is 0 Å². The predicted molar refractivity (Wildman–Crippen MR) is 406 cm³/mol. The van der Waals surface area contributed by atoms with E-state index in [2.05, 4.69) is 90.1 Å². The maximum atomic E-state index is 14.4. The first-order valence-corrected chi connectivity index (χ1v) is 35.6. The van der Waals surface area contributed by atoms with E-state index < -0.39 is 67.6 Å². The van der Waals surface area contributed by atoms with E-state index in [0.717, 1.165) is 107 Å². The van der Waals surface area contributed by atoms with Gasteiger partial charge in [-0.1, -0.05) is 261 Å². The first-order chi connectivity index (χ1) is 50.7. The van der Waals surface area contributed by atoms with E-state index in [1.165, 1.54) is 57.6 Å².